The largest absolute Gasteiger partial charge is 0.273 e. The quantitative estimate of drug-likeness (QED) is 0.771. The Labute approximate surface area is 158 Å². The molecular weight excluding hydrogens is 372 g/mol. The molecular formula is C20H23F2NO3S. The highest BCUT2D eigenvalue weighted by Crippen LogP contribution is 2.70. The van der Waals surface area contributed by atoms with Gasteiger partial charge >= 0.3 is 0 Å². The summed E-state index contributed by atoms with van der Waals surface area (Å²) in [6, 6.07) is 3.42. The zero-order valence-electron chi connectivity index (χ0n) is 15.4. The number of amides is 1. The van der Waals surface area contributed by atoms with Crippen LogP contribution in [-0.2, 0) is 14.8 Å². The Hall–Kier alpha value is -1.50. The average molecular weight is 395 g/mol. The summed E-state index contributed by atoms with van der Waals surface area (Å²) in [7, 11) is -3.64. The number of carbonyl (C=O) groups is 1. The van der Waals surface area contributed by atoms with Crippen molar-refractivity contribution < 1.29 is 22.0 Å². The third kappa shape index (κ3) is 2.12. The lowest BCUT2D eigenvalue weighted by Crippen LogP contribution is -2.44. The van der Waals surface area contributed by atoms with Crippen molar-refractivity contribution in [1.29, 1.82) is 0 Å². The number of hydrogen-bond acceptors (Lipinski definition) is 3. The lowest BCUT2D eigenvalue weighted by molar-refractivity contribution is -0.130. The average Bonchev–Trinajstić information content (AvgIpc) is 3.24. The molecule has 1 aromatic carbocycles. The molecule has 0 N–H and O–H groups in total. The molecule has 3 saturated carbocycles. The van der Waals surface area contributed by atoms with E-state index >= 15 is 0 Å². The first-order valence-electron chi connectivity index (χ1n) is 9.59. The van der Waals surface area contributed by atoms with E-state index in [4.69, 9.17) is 0 Å². The van der Waals surface area contributed by atoms with E-state index in [-0.39, 0.29) is 34.4 Å². The number of rotatable bonds is 2. The van der Waals surface area contributed by atoms with Gasteiger partial charge < -0.3 is 0 Å². The highest BCUT2D eigenvalue weighted by molar-refractivity contribution is 7.90. The summed E-state index contributed by atoms with van der Waals surface area (Å²) in [5.74, 6) is -2.39. The van der Waals surface area contributed by atoms with Crippen LogP contribution in [0.15, 0.2) is 18.2 Å². The van der Waals surface area contributed by atoms with Crippen molar-refractivity contribution in [3.05, 3.63) is 35.4 Å². The summed E-state index contributed by atoms with van der Waals surface area (Å²) in [6.45, 7) is 4.30. The van der Waals surface area contributed by atoms with Crippen molar-refractivity contribution in [2.45, 2.75) is 51.5 Å². The number of hydrogen-bond donors (Lipinski definition) is 0. The summed E-state index contributed by atoms with van der Waals surface area (Å²) >= 11 is 0. The summed E-state index contributed by atoms with van der Waals surface area (Å²) in [5.41, 5.74) is 0.147. The Morgan fingerprint density at radius 1 is 1.19 bits per heavy atom. The van der Waals surface area contributed by atoms with Crippen molar-refractivity contribution in [2.75, 3.05) is 5.75 Å². The summed E-state index contributed by atoms with van der Waals surface area (Å²) in [6.07, 6.45) is 3.13. The minimum absolute atomic E-state index is 0.0580. The van der Waals surface area contributed by atoms with E-state index in [0.717, 1.165) is 31.4 Å². The second kappa shape index (κ2) is 5.10. The number of sulfonamides is 1. The Morgan fingerprint density at radius 3 is 2.59 bits per heavy atom. The zero-order valence-corrected chi connectivity index (χ0v) is 16.2. The smallest absolute Gasteiger partial charge is 0.240 e. The standard InChI is InChI=1S/C20H23F2NO3S/c1-19(2)12-5-6-20(19)10-27(25,26)23(17(20)8-12)18(24)14-9-13(14)11-3-4-15(21)16(22)7-11/h3-4,7,12-14,17H,5-6,8-10H2,1-2H3. The van der Waals surface area contributed by atoms with Crippen molar-refractivity contribution in [2.24, 2.45) is 22.7 Å². The fraction of sp³-hybridized carbons (Fsp3) is 0.650. The minimum Gasteiger partial charge on any atom is -0.273 e. The van der Waals surface area contributed by atoms with Crippen LogP contribution in [-0.4, -0.2) is 30.4 Å². The molecule has 4 nitrogen and oxygen atoms in total. The Balaban J connectivity index is 1.44. The third-order valence-corrected chi connectivity index (χ3v) is 10.0. The summed E-state index contributed by atoms with van der Waals surface area (Å²) in [5, 5.41) is 0. The molecule has 4 fully saturated rings. The van der Waals surface area contributed by atoms with Crippen LogP contribution < -0.4 is 0 Å². The predicted molar refractivity (Wildman–Crippen MR) is 95.2 cm³/mol. The fourth-order valence-corrected chi connectivity index (χ4v) is 8.91. The number of fused-ring (bicyclic) bond motifs is 1. The number of carbonyl (C=O) groups excluding carboxylic acids is 1. The van der Waals surface area contributed by atoms with E-state index in [1.165, 1.54) is 10.4 Å². The van der Waals surface area contributed by atoms with Crippen molar-refractivity contribution in [1.82, 2.24) is 4.31 Å². The van der Waals surface area contributed by atoms with E-state index in [1.54, 1.807) is 0 Å². The molecule has 1 aromatic rings. The maximum Gasteiger partial charge on any atom is 0.240 e. The highest BCUT2D eigenvalue weighted by Gasteiger charge is 2.73. The fourth-order valence-electron chi connectivity index (χ4n) is 6.32. The Kier molecular flexibility index (Phi) is 3.32. The first-order chi connectivity index (χ1) is 12.6. The second-order valence-electron chi connectivity index (χ2n) is 9.38. The van der Waals surface area contributed by atoms with Gasteiger partial charge in [0.05, 0.1) is 11.8 Å². The van der Waals surface area contributed by atoms with Gasteiger partial charge in [0.1, 0.15) is 0 Å². The predicted octanol–water partition coefficient (Wildman–Crippen LogP) is 3.44. The molecule has 7 heteroatoms. The van der Waals surface area contributed by atoms with Gasteiger partial charge in [-0.1, -0.05) is 19.9 Å². The molecule has 0 aromatic heterocycles. The molecule has 1 aliphatic heterocycles. The maximum absolute atomic E-state index is 13.5. The van der Waals surface area contributed by atoms with Crippen LogP contribution in [0, 0.1) is 34.3 Å². The number of halogens is 2. The molecule has 3 aliphatic carbocycles. The molecule has 4 aliphatic rings. The zero-order chi connectivity index (χ0) is 19.4. The van der Waals surface area contributed by atoms with Crippen molar-refractivity contribution in [3.63, 3.8) is 0 Å². The molecule has 1 amide bonds. The molecule has 1 spiro atoms. The third-order valence-electron chi connectivity index (χ3n) is 8.11. The minimum atomic E-state index is -3.64. The van der Waals surface area contributed by atoms with Crippen LogP contribution >= 0.6 is 0 Å². The molecule has 0 radical (unpaired) electrons. The molecule has 5 atom stereocenters. The van der Waals surface area contributed by atoms with Crippen LogP contribution in [0.4, 0.5) is 8.78 Å². The molecule has 5 rings (SSSR count). The highest BCUT2D eigenvalue weighted by atomic mass is 32.2. The van der Waals surface area contributed by atoms with Gasteiger partial charge in [-0.15, -0.1) is 0 Å². The van der Waals surface area contributed by atoms with E-state index < -0.39 is 27.6 Å². The van der Waals surface area contributed by atoms with E-state index in [9.17, 15) is 22.0 Å². The number of nitrogens with zero attached hydrogens (tertiary/aromatic N) is 1. The summed E-state index contributed by atoms with van der Waals surface area (Å²) < 4.78 is 53.8. The van der Waals surface area contributed by atoms with E-state index in [1.807, 2.05) is 0 Å². The Morgan fingerprint density at radius 2 is 1.93 bits per heavy atom. The van der Waals surface area contributed by atoms with Gasteiger partial charge in [0.2, 0.25) is 15.9 Å². The number of benzene rings is 1. The van der Waals surface area contributed by atoms with Crippen LogP contribution in [0.5, 0.6) is 0 Å². The van der Waals surface area contributed by atoms with Crippen LogP contribution in [0.3, 0.4) is 0 Å². The molecule has 2 bridgehead atoms. The lowest BCUT2D eigenvalue weighted by atomic mass is 9.69. The Bertz CT molecular complexity index is 960. The lowest BCUT2D eigenvalue weighted by Gasteiger charge is -2.37. The van der Waals surface area contributed by atoms with Gasteiger partial charge in [-0.3, -0.25) is 4.79 Å². The van der Waals surface area contributed by atoms with E-state index in [2.05, 4.69) is 13.8 Å². The molecule has 146 valence electrons. The molecule has 27 heavy (non-hydrogen) atoms. The molecule has 5 unspecified atom stereocenters. The second-order valence-corrected chi connectivity index (χ2v) is 11.2. The molecule has 1 saturated heterocycles. The van der Waals surface area contributed by atoms with Crippen LogP contribution in [0.25, 0.3) is 0 Å². The first kappa shape index (κ1) is 17.6. The van der Waals surface area contributed by atoms with Gasteiger partial charge in [-0.05, 0) is 60.6 Å². The van der Waals surface area contributed by atoms with Crippen LogP contribution in [0.1, 0.15) is 51.0 Å². The molecule has 1 heterocycles. The topological polar surface area (TPSA) is 54.5 Å². The van der Waals surface area contributed by atoms with Crippen molar-refractivity contribution >= 4 is 15.9 Å². The van der Waals surface area contributed by atoms with Gasteiger partial charge in [-0.25, -0.2) is 21.5 Å². The first-order valence-corrected chi connectivity index (χ1v) is 11.2. The van der Waals surface area contributed by atoms with Gasteiger partial charge in [0, 0.05) is 11.3 Å². The van der Waals surface area contributed by atoms with Crippen LogP contribution in [0.2, 0.25) is 0 Å². The van der Waals surface area contributed by atoms with Gasteiger partial charge in [-0.2, -0.15) is 0 Å². The SMILES string of the molecule is CC1(C)C2CCC13CS(=O)(=O)N(C(=O)C1CC1c1ccc(F)c(F)c1)C3C2. The maximum atomic E-state index is 13.5. The summed E-state index contributed by atoms with van der Waals surface area (Å²) in [4.78, 5) is 13.2. The monoisotopic (exact) mass is 395 g/mol. The van der Waals surface area contributed by atoms with Gasteiger partial charge in [0.25, 0.3) is 0 Å². The normalized spacial score (nSPS) is 40.2. The van der Waals surface area contributed by atoms with Crippen molar-refractivity contribution in [3.8, 4) is 0 Å². The van der Waals surface area contributed by atoms with E-state index in [0.29, 0.717) is 17.9 Å². The van der Waals surface area contributed by atoms with Gasteiger partial charge in [0.15, 0.2) is 11.6 Å².